The van der Waals surface area contributed by atoms with Gasteiger partial charge in [0.1, 0.15) is 5.75 Å². The first-order valence-corrected chi connectivity index (χ1v) is 7.29. The molecule has 0 bridgehead atoms. The van der Waals surface area contributed by atoms with Crippen LogP contribution < -0.4 is 4.74 Å². The molecule has 0 heterocycles. The van der Waals surface area contributed by atoms with Gasteiger partial charge in [-0.2, -0.15) is 0 Å². The minimum atomic E-state index is -0.382. The minimum Gasteiger partial charge on any atom is -0.493 e. The Kier molecular flexibility index (Phi) is 4.58. The molecule has 0 saturated heterocycles. The lowest BCUT2D eigenvalue weighted by Gasteiger charge is -2.13. The standard InChI is InChI=1S/C13H16BrNO3/c14-8-11-7-12(15(16)17)5-6-13(11)18-9-10-3-1-2-4-10/h5-7,10H,1-4,8-9H2. The molecule has 4 nitrogen and oxygen atoms in total. The van der Waals surface area contributed by atoms with E-state index in [1.807, 2.05) is 0 Å². The molecule has 1 aromatic rings. The summed E-state index contributed by atoms with van der Waals surface area (Å²) in [6.07, 6.45) is 5.05. The first kappa shape index (κ1) is 13.3. The van der Waals surface area contributed by atoms with E-state index in [9.17, 15) is 10.1 Å². The largest absolute Gasteiger partial charge is 0.493 e. The van der Waals surface area contributed by atoms with E-state index in [4.69, 9.17) is 4.74 Å². The molecule has 0 spiro atoms. The molecule has 0 aliphatic heterocycles. The summed E-state index contributed by atoms with van der Waals surface area (Å²) in [4.78, 5) is 10.3. The van der Waals surface area contributed by atoms with Crippen LogP contribution in [-0.4, -0.2) is 11.5 Å². The van der Waals surface area contributed by atoms with Crippen LogP contribution in [0.2, 0.25) is 0 Å². The van der Waals surface area contributed by atoms with E-state index in [2.05, 4.69) is 15.9 Å². The zero-order chi connectivity index (χ0) is 13.0. The summed E-state index contributed by atoms with van der Waals surface area (Å²) in [5.74, 6) is 1.40. The highest BCUT2D eigenvalue weighted by atomic mass is 79.9. The topological polar surface area (TPSA) is 52.4 Å². The highest BCUT2D eigenvalue weighted by Gasteiger charge is 2.17. The number of nitrogens with zero attached hydrogens (tertiary/aromatic N) is 1. The summed E-state index contributed by atoms with van der Waals surface area (Å²) in [5.41, 5.74) is 0.944. The monoisotopic (exact) mass is 313 g/mol. The normalized spacial score (nSPS) is 15.8. The van der Waals surface area contributed by atoms with Gasteiger partial charge in [0.25, 0.3) is 5.69 Å². The lowest BCUT2D eigenvalue weighted by Crippen LogP contribution is -2.09. The average Bonchev–Trinajstić information content (AvgIpc) is 2.89. The zero-order valence-electron chi connectivity index (χ0n) is 10.1. The van der Waals surface area contributed by atoms with Crippen molar-refractivity contribution < 1.29 is 9.66 Å². The van der Waals surface area contributed by atoms with Crippen molar-refractivity contribution in [1.82, 2.24) is 0 Å². The fourth-order valence-electron chi connectivity index (χ4n) is 2.31. The van der Waals surface area contributed by atoms with Gasteiger partial charge in [-0.1, -0.05) is 28.8 Å². The molecule has 1 fully saturated rings. The van der Waals surface area contributed by atoms with Crippen LogP contribution in [0.15, 0.2) is 18.2 Å². The molecule has 1 aromatic carbocycles. The third-order valence-electron chi connectivity index (χ3n) is 3.35. The van der Waals surface area contributed by atoms with E-state index >= 15 is 0 Å². The fraction of sp³-hybridized carbons (Fsp3) is 0.538. The van der Waals surface area contributed by atoms with Gasteiger partial charge in [-0.3, -0.25) is 10.1 Å². The van der Waals surface area contributed by atoms with Crippen molar-refractivity contribution in [3.63, 3.8) is 0 Å². The smallest absolute Gasteiger partial charge is 0.270 e. The second-order valence-electron chi connectivity index (χ2n) is 4.64. The van der Waals surface area contributed by atoms with Crippen molar-refractivity contribution in [2.24, 2.45) is 5.92 Å². The zero-order valence-corrected chi connectivity index (χ0v) is 11.7. The van der Waals surface area contributed by atoms with Crippen LogP contribution in [0.4, 0.5) is 5.69 Å². The van der Waals surface area contributed by atoms with E-state index in [-0.39, 0.29) is 10.6 Å². The van der Waals surface area contributed by atoms with Crippen LogP contribution in [0.5, 0.6) is 5.75 Å². The number of non-ortho nitro benzene ring substituents is 1. The average molecular weight is 314 g/mol. The van der Waals surface area contributed by atoms with Crippen LogP contribution in [-0.2, 0) is 5.33 Å². The Morgan fingerprint density at radius 1 is 1.39 bits per heavy atom. The Morgan fingerprint density at radius 3 is 2.72 bits per heavy atom. The third-order valence-corrected chi connectivity index (χ3v) is 3.95. The maximum absolute atomic E-state index is 10.7. The summed E-state index contributed by atoms with van der Waals surface area (Å²) in [6.45, 7) is 0.720. The second kappa shape index (κ2) is 6.18. The van der Waals surface area contributed by atoms with Crippen LogP contribution in [0.25, 0.3) is 0 Å². The van der Waals surface area contributed by atoms with E-state index in [0.29, 0.717) is 11.2 Å². The molecule has 0 amide bonds. The predicted octanol–water partition coefficient (Wildman–Crippen LogP) is 4.06. The molecular formula is C13H16BrNO3. The second-order valence-corrected chi connectivity index (χ2v) is 5.20. The Bertz CT molecular complexity index is 430. The lowest BCUT2D eigenvalue weighted by molar-refractivity contribution is -0.384. The molecule has 18 heavy (non-hydrogen) atoms. The van der Waals surface area contributed by atoms with Crippen LogP contribution in [0, 0.1) is 16.0 Å². The van der Waals surface area contributed by atoms with Gasteiger partial charge in [0.05, 0.1) is 11.5 Å². The Labute approximate surface area is 115 Å². The number of hydrogen-bond donors (Lipinski definition) is 0. The number of ether oxygens (including phenoxy) is 1. The van der Waals surface area contributed by atoms with Gasteiger partial charge in [0.2, 0.25) is 0 Å². The van der Waals surface area contributed by atoms with E-state index in [1.165, 1.54) is 31.7 Å². The van der Waals surface area contributed by atoms with Gasteiger partial charge in [0, 0.05) is 23.0 Å². The quantitative estimate of drug-likeness (QED) is 0.468. The van der Waals surface area contributed by atoms with E-state index in [0.717, 1.165) is 17.9 Å². The minimum absolute atomic E-state index is 0.109. The number of halogens is 1. The molecular weight excluding hydrogens is 298 g/mol. The van der Waals surface area contributed by atoms with Crippen LogP contribution in [0.3, 0.4) is 0 Å². The van der Waals surface area contributed by atoms with Crippen molar-refractivity contribution in [3.05, 3.63) is 33.9 Å². The molecule has 0 N–H and O–H groups in total. The molecule has 1 saturated carbocycles. The molecule has 1 aliphatic carbocycles. The van der Waals surface area contributed by atoms with Crippen LogP contribution >= 0.6 is 15.9 Å². The molecule has 2 rings (SSSR count). The number of hydrogen-bond acceptors (Lipinski definition) is 3. The van der Waals surface area contributed by atoms with Crippen molar-refractivity contribution in [2.75, 3.05) is 6.61 Å². The third kappa shape index (κ3) is 3.22. The predicted molar refractivity (Wildman–Crippen MR) is 73.2 cm³/mol. The van der Waals surface area contributed by atoms with Gasteiger partial charge < -0.3 is 4.74 Å². The SMILES string of the molecule is O=[N+]([O-])c1ccc(OCC2CCCC2)c(CBr)c1. The van der Waals surface area contributed by atoms with Crippen LogP contribution in [0.1, 0.15) is 31.2 Å². The van der Waals surface area contributed by atoms with Crippen molar-refractivity contribution in [3.8, 4) is 5.75 Å². The first-order chi connectivity index (χ1) is 8.70. The van der Waals surface area contributed by atoms with Crippen molar-refractivity contribution >= 4 is 21.6 Å². The lowest BCUT2D eigenvalue weighted by atomic mass is 10.1. The highest BCUT2D eigenvalue weighted by molar-refractivity contribution is 9.08. The summed E-state index contributed by atoms with van der Waals surface area (Å²) in [5, 5.41) is 11.3. The molecule has 0 radical (unpaired) electrons. The maximum Gasteiger partial charge on any atom is 0.270 e. The van der Waals surface area contributed by atoms with Gasteiger partial charge >= 0.3 is 0 Å². The number of nitro benzene ring substituents is 1. The summed E-state index contributed by atoms with van der Waals surface area (Å²) in [6, 6.07) is 4.76. The number of nitro groups is 1. The molecule has 1 aliphatic rings. The summed E-state index contributed by atoms with van der Waals surface area (Å²) >= 11 is 3.34. The van der Waals surface area contributed by atoms with Crippen molar-refractivity contribution in [2.45, 2.75) is 31.0 Å². The van der Waals surface area contributed by atoms with Crippen molar-refractivity contribution in [1.29, 1.82) is 0 Å². The number of rotatable bonds is 5. The summed E-state index contributed by atoms with van der Waals surface area (Å²) in [7, 11) is 0. The fourth-order valence-corrected chi connectivity index (χ4v) is 2.75. The van der Waals surface area contributed by atoms with E-state index in [1.54, 1.807) is 12.1 Å². The molecule has 5 heteroatoms. The Hall–Kier alpha value is -1.10. The molecule has 0 unspecified atom stereocenters. The van der Waals surface area contributed by atoms with Gasteiger partial charge in [-0.15, -0.1) is 0 Å². The number of benzene rings is 1. The Balaban J connectivity index is 2.04. The highest BCUT2D eigenvalue weighted by Crippen LogP contribution is 2.29. The molecule has 0 atom stereocenters. The molecule has 0 aromatic heterocycles. The molecule has 98 valence electrons. The first-order valence-electron chi connectivity index (χ1n) is 6.17. The van der Waals surface area contributed by atoms with Gasteiger partial charge in [-0.25, -0.2) is 0 Å². The van der Waals surface area contributed by atoms with Gasteiger partial charge in [0.15, 0.2) is 0 Å². The van der Waals surface area contributed by atoms with E-state index < -0.39 is 0 Å². The Morgan fingerprint density at radius 2 is 2.11 bits per heavy atom. The number of alkyl halides is 1. The summed E-state index contributed by atoms with van der Waals surface area (Å²) < 4.78 is 5.79. The van der Waals surface area contributed by atoms with Gasteiger partial charge in [-0.05, 0) is 24.8 Å². The maximum atomic E-state index is 10.7.